The van der Waals surface area contributed by atoms with Gasteiger partial charge in [0.2, 0.25) is 15.9 Å². The van der Waals surface area contributed by atoms with Gasteiger partial charge in [-0.25, -0.2) is 12.8 Å². The molecule has 0 aliphatic heterocycles. The number of hydrogen-bond donors (Lipinski definition) is 1. The fraction of sp³-hybridized carbons (Fsp3) is 0.227. The Morgan fingerprint density at radius 2 is 1.81 bits per heavy atom. The summed E-state index contributed by atoms with van der Waals surface area (Å²) in [6, 6.07) is 15.0. The summed E-state index contributed by atoms with van der Waals surface area (Å²) >= 11 is 0. The van der Waals surface area contributed by atoms with Crippen LogP contribution in [0.4, 0.5) is 4.39 Å². The van der Waals surface area contributed by atoms with Gasteiger partial charge in [0.1, 0.15) is 17.3 Å². The van der Waals surface area contributed by atoms with Crippen LogP contribution in [0.1, 0.15) is 18.2 Å². The van der Waals surface area contributed by atoms with Gasteiger partial charge in [-0.2, -0.15) is 4.31 Å². The number of amides is 1. The third-order valence-corrected chi connectivity index (χ3v) is 6.21. The van der Waals surface area contributed by atoms with Crippen LogP contribution in [0.25, 0.3) is 0 Å². The van der Waals surface area contributed by atoms with E-state index in [-0.39, 0.29) is 23.8 Å². The molecule has 0 aliphatic rings. The number of ether oxygens (including phenoxy) is 1. The lowest BCUT2D eigenvalue weighted by Crippen LogP contribution is -2.40. The van der Waals surface area contributed by atoms with E-state index < -0.39 is 22.5 Å². The van der Waals surface area contributed by atoms with Crippen LogP contribution >= 0.6 is 0 Å². The van der Waals surface area contributed by atoms with Crippen LogP contribution in [0.2, 0.25) is 0 Å². The summed E-state index contributed by atoms with van der Waals surface area (Å²) in [7, 11) is -3.99. The second-order valence-corrected chi connectivity index (χ2v) is 8.60. The zero-order valence-electron chi connectivity index (χ0n) is 17.0. The summed E-state index contributed by atoms with van der Waals surface area (Å²) in [5.41, 5.74) is 0.696. The molecular weight excluding hydrogens is 423 g/mol. The minimum atomic E-state index is -3.99. The van der Waals surface area contributed by atoms with Gasteiger partial charge in [0, 0.05) is 6.54 Å². The number of benzene rings is 2. The molecule has 3 aromatic rings. The molecule has 0 fully saturated rings. The van der Waals surface area contributed by atoms with E-state index in [1.165, 1.54) is 30.5 Å². The van der Waals surface area contributed by atoms with E-state index in [4.69, 9.17) is 9.15 Å². The molecule has 0 saturated carbocycles. The summed E-state index contributed by atoms with van der Waals surface area (Å²) in [5.74, 6) is 0.0865. The van der Waals surface area contributed by atoms with Gasteiger partial charge in [-0.1, -0.05) is 12.1 Å². The average Bonchev–Trinajstić information content (AvgIpc) is 3.27. The molecule has 0 aliphatic carbocycles. The molecule has 1 heterocycles. The number of hydrogen-bond acceptors (Lipinski definition) is 5. The molecule has 1 aromatic heterocycles. The van der Waals surface area contributed by atoms with Gasteiger partial charge in [0.25, 0.3) is 0 Å². The normalized spacial score (nSPS) is 11.5. The van der Waals surface area contributed by atoms with Crippen LogP contribution in [0, 0.1) is 5.82 Å². The first kappa shape index (κ1) is 22.5. The number of nitrogens with zero attached hydrogens (tertiary/aromatic N) is 1. The van der Waals surface area contributed by atoms with Gasteiger partial charge in [-0.3, -0.25) is 4.79 Å². The highest BCUT2D eigenvalue weighted by Crippen LogP contribution is 2.21. The first-order valence-corrected chi connectivity index (χ1v) is 11.1. The van der Waals surface area contributed by atoms with Crippen molar-refractivity contribution in [2.45, 2.75) is 24.9 Å². The fourth-order valence-electron chi connectivity index (χ4n) is 2.84. The van der Waals surface area contributed by atoms with Crippen molar-refractivity contribution in [2.75, 3.05) is 13.2 Å². The SMILES string of the molecule is CCOc1ccc(S(=O)(=O)N(CC(=O)NCc2ccc(F)cc2)Cc2ccco2)cc1. The molecule has 3 rings (SSSR count). The van der Waals surface area contributed by atoms with Crippen molar-refractivity contribution in [1.82, 2.24) is 9.62 Å². The number of nitrogens with one attached hydrogen (secondary N) is 1. The number of carbonyl (C=O) groups excluding carboxylic acids is 1. The third kappa shape index (κ3) is 6.16. The van der Waals surface area contributed by atoms with Gasteiger partial charge in [-0.15, -0.1) is 0 Å². The highest BCUT2D eigenvalue weighted by molar-refractivity contribution is 7.89. The van der Waals surface area contributed by atoms with Crippen molar-refractivity contribution in [3.8, 4) is 5.75 Å². The molecule has 2 aromatic carbocycles. The first-order chi connectivity index (χ1) is 14.9. The Hall–Kier alpha value is -3.17. The van der Waals surface area contributed by atoms with Crippen LogP contribution in [0.15, 0.2) is 76.2 Å². The Balaban J connectivity index is 1.75. The van der Waals surface area contributed by atoms with Crippen LogP contribution in [0.5, 0.6) is 5.75 Å². The Bertz CT molecular complexity index is 1080. The van der Waals surface area contributed by atoms with E-state index >= 15 is 0 Å². The quantitative estimate of drug-likeness (QED) is 0.516. The molecular formula is C22H23FN2O5S. The van der Waals surface area contributed by atoms with Gasteiger partial charge in [0.05, 0.1) is 30.9 Å². The summed E-state index contributed by atoms with van der Waals surface area (Å²) in [6.45, 7) is 1.94. The Morgan fingerprint density at radius 3 is 2.42 bits per heavy atom. The largest absolute Gasteiger partial charge is 0.494 e. The van der Waals surface area contributed by atoms with Crippen molar-refractivity contribution in [1.29, 1.82) is 0 Å². The molecule has 0 unspecified atom stereocenters. The number of rotatable bonds is 10. The molecule has 0 radical (unpaired) electrons. The fourth-order valence-corrected chi connectivity index (χ4v) is 4.21. The lowest BCUT2D eigenvalue weighted by Gasteiger charge is -2.21. The first-order valence-electron chi connectivity index (χ1n) is 9.65. The maximum absolute atomic E-state index is 13.2. The summed E-state index contributed by atoms with van der Waals surface area (Å²) in [5, 5.41) is 2.66. The molecule has 0 atom stereocenters. The molecule has 9 heteroatoms. The zero-order valence-corrected chi connectivity index (χ0v) is 17.8. The Morgan fingerprint density at radius 1 is 1.10 bits per heavy atom. The number of halogens is 1. The predicted molar refractivity (Wildman–Crippen MR) is 112 cm³/mol. The smallest absolute Gasteiger partial charge is 0.243 e. The highest BCUT2D eigenvalue weighted by Gasteiger charge is 2.27. The molecule has 1 N–H and O–H groups in total. The Kier molecular flexibility index (Phi) is 7.43. The van der Waals surface area contributed by atoms with Crippen molar-refractivity contribution in [2.24, 2.45) is 0 Å². The van der Waals surface area contributed by atoms with Crippen LogP contribution < -0.4 is 10.1 Å². The second-order valence-electron chi connectivity index (χ2n) is 6.66. The Labute approximate surface area is 180 Å². The molecule has 1 amide bonds. The molecule has 164 valence electrons. The standard InChI is InChI=1S/C22H23FN2O5S/c1-2-29-19-9-11-21(12-10-19)31(27,28)25(15-20-4-3-13-30-20)16-22(26)24-14-17-5-7-18(23)8-6-17/h3-13H,2,14-16H2,1H3,(H,24,26). The van der Waals surface area contributed by atoms with E-state index in [2.05, 4.69) is 5.32 Å². The number of furan rings is 1. The zero-order chi connectivity index (χ0) is 22.3. The summed E-state index contributed by atoms with van der Waals surface area (Å²) in [4.78, 5) is 12.5. The molecule has 7 nitrogen and oxygen atoms in total. The lowest BCUT2D eigenvalue weighted by molar-refractivity contribution is -0.121. The number of sulfonamides is 1. The van der Waals surface area contributed by atoms with E-state index in [1.807, 2.05) is 6.92 Å². The average molecular weight is 447 g/mol. The van der Waals surface area contributed by atoms with Crippen molar-refractivity contribution < 1.29 is 26.8 Å². The third-order valence-electron chi connectivity index (χ3n) is 4.41. The van der Waals surface area contributed by atoms with Gasteiger partial charge < -0.3 is 14.5 Å². The van der Waals surface area contributed by atoms with E-state index in [9.17, 15) is 17.6 Å². The molecule has 0 spiro atoms. The summed E-state index contributed by atoms with van der Waals surface area (Å²) in [6.07, 6.45) is 1.44. The van der Waals surface area contributed by atoms with Gasteiger partial charge in [-0.05, 0) is 61.0 Å². The minimum Gasteiger partial charge on any atom is -0.494 e. The second kappa shape index (κ2) is 10.2. The van der Waals surface area contributed by atoms with Gasteiger partial charge in [0.15, 0.2) is 0 Å². The molecule has 0 bridgehead atoms. The minimum absolute atomic E-state index is 0.0360. The van der Waals surface area contributed by atoms with Crippen molar-refractivity contribution in [3.63, 3.8) is 0 Å². The van der Waals surface area contributed by atoms with Crippen LogP contribution in [-0.4, -0.2) is 31.8 Å². The maximum Gasteiger partial charge on any atom is 0.243 e. The number of carbonyl (C=O) groups is 1. The maximum atomic E-state index is 13.2. The summed E-state index contributed by atoms with van der Waals surface area (Å²) < 4.78 is 51.1. The van der Waals surface area contributed by atoms with Gasteiger partial charge >= 0.3 is 0 Å². The lowest BCUT2D eigenvalue weighted by atomic mass is 10.2. The topological polar surface area (TPSA) is 88.9 Å². The van der Waals surface area contributed by atoms with Crippen molar-refractivity contribution >= 4 is 15.9 Å². The monoisotopic (exact) mass is 446 g/mol. The molecule has 0 saturated heterocycles. The van der Waals surface area contributed by atoms with Crippen LogP contribution in [-0.2, 0) is 27.9 Å². The van der Waals surface area contributed by atoms with E-state index in [0.29, 0.717) is 23.7 Å². The van der Waals surface area contributed by atoms with E-state index in [0.717, 1.165) is 4.31 Å². The highest BCUT2D eigenvalue weighted by atomic mass is 32.2. The predicted octanol–water partition coefficient (Wildman–Crippen LogP) is 3.32. The van der Waals surface area contributed by atoms with Crippen LogP contribution in [0.3, 0.4) is 0 Å². The van der Waals surface area contributed by atoms with E-state index in [1.54, 1.807) is 36.4 Å². The van der Waals surface area contributed by atoms with Crippen molar-refractivity contribution in [3.05, 3.63) is 84.1 Å². The molecule has 31 heavy (non-hydrogen) atoms.